The Morgan fingerprint density at radius 2 is 1.91 bits per heavy atom. The van der Waals surface area contributed by atoms with Crippen molar-refractivity contribution in [2.45, 2.75) is 62.0 Å². The number of rotatable bonds is 4. The number of phenolic OH excluding ortho intramolecular Hbond substituents is 1. The average molecular weight is 516 g/mol. The molecule has 1 aromatic carbocycles. The molecule has 2 aromatic rings. The number of aromatic hydroxyl groups is 1. The van der Waals surface area contributed by atoms with E-state index >= 15 is 0 Å². The Morgan fingerprint density at radius 3 is 2.66 bits per heavy atom. The number of nitrogens with zero attached hydrogens (tertiary/aromatic N) is 3. The number of likely N-dealkylation sites (tertiary alicyclic amines) is 2. The predicted molar refractivity (Wildman–Crippen MR) is 135 cm³/mol. The van der Waals surface area contributed by atoms with Crippen molar-refractivity contribution in [2.24, 2.45) is 5.92 Å². The van der Waals surface area contributed by atoms with E-state index in [0.29, 0.717) is 38.3 Å². The lowest BCUT2D eigenvalue weighted by Gasteiger charge is -2.61. The van der Waals surface area contributed by atoms with Gasteiger partial charge in [-0.05, 0) is 80.3 Å². The van der Waals surface area contributed by atoms with Gasteiger partial charge in [-0.15, -0.1) is 0 Å². The fourth-order valence-corrected chi connectivity index (χ4v) is 7.67. The number of benzene rings is 1. The first-order chi connectivity index (χ1) is 16.8. The van der Waals surface area contributed by atoms with Gasteiger partial charge < -0.3 is 15.1 Å². The molecule has 35 heavy (non-hydrogen) atoms. The summed E-state index contributed by atoms with van der Waals surface area (Å²) in [4.78, 5) is 21.9. The number of fused-ring (bicyclic) bond motifs is 1. The summed E-state index contributed by atoms with van der Waals surface area (Å²) in [5.41, 5.74) is 0.922. The van der Waals surface area contributed by atoms with Crippen LogP contribution in [0.15, 0.2) is 30.5 Å². The number of hydrogen-bond donors (Lipinski definition) is 2. The molecule has 2 bridgehead atoms. The first kappa shape index (κ1) is 23.5. The maximum atomic E-state index is 13.3. The molecule has 3 fully saturated rings. The highest BCUT2D eigenvalue weighted by atomic mass is 35.5. The van der Waals surface area contributed by atoms with Crippen molar-refractivity contribution in [2.75, 3.05) is 26.2 Å². The molecule has 6 nitrogen and oxygen atoms in total. The van der Waals surface area contributed by atoms with E-state index in [4.69, 9.17) is 23.2 Å². The van der Waals surface area contributed by atoms with Gasteiger partial charge in [-0.25, -0.2) is 0 Å². The number of amides is 1. The number of piperidine rings is 1. The zero-order chi connectivity index (χ0) is 24.4. The van der Waals surface area contributed by atoms with Crippen LogP contribution in [-0.4, -0.2) is 68.7 Å². The van der Waals surface area contributed by atoms with E-state index in [1.165, 1.54) is 12.8 Å². The van der Waals surface area contributed by atoms with Crippen LogP contribution in [0, 0.1) is 5.92 Å². The SMILES string of the molecule is O=C(Cc1ccccn1)N1CCC23CCN(CC4CC4)C(Cc4cc(Cl)c(O)c(Cl)c42)C3(O)CC1. The lowest BCUT2D eigenvalue weighted by atomic mass is 9.52. The third kappa shape index (κ3) is 3.76. The second-order valence-corrected chi connectivity index (χ2v) is 11.6. The van der Waals surface area contributed by atoms with Crippen molar-refractivity contribution in [1.82, 2.24) is 14.8 Å². The molecule has 1 saturated carbocycles. The Hall–Kier alpha value is -1.86. The van der Waals surface area contributed by atoms with Crippen molar-refractivity contribution in [3.63, 3.8) is 0 Å². The van der Waals surface area contributed by atoms with Gasteiger partial charge in [0.2, 0.25) is 5.91 Å². The first-order valence-electron chi connectivity index (χ1n) is 12.7. The van der Waals surface area contributed by atoms with Crippen LogP contribution in [0.5, 0.6) is 5.75 Å². The number of aromatic nitrogens is 1. The van der Waals surface area contributed by atoms with E-state index in [0.717, 1.165) is 36.3 Å². The fourth-order valence-electron chi connectivity index (χ4n) is 7.00. The van der Waals surface area contributed by atoms with Gasteiger partial charge in [0, 0.05) is 43.0 Å². The number of phenols is 1. The van der Waals surface area contributed by atoms with E-state index in [-0.39, 0.29) is 34.2 Å². The predicted octanol–water partition coefficient (Wildman–Crippen LogP) is 3.97. The number of pyridine rings is 1. The summed E-state index contributed by atoms with van der Waals surface area (Å²) in [6.45, 7) is 2.90. The maximum absolute atomic E-state index is 13.3. The van der Waals surface area contributed by atoms with Crippen LogP contribution in [-0.2, 0) is 23.1 Å². The average Bonchev–Trinajstić information content (AvgIpc) is 3.66. The van der Waals surface area contributed by atoms with Crippen LogP contribution in [0.3, 0.4) is 0 Å². The summed E-state index contributed by atoms with van der Waals surface area (Å²) in [5, 5.41) is 23.8. The zero-order valence-electron chi connectivity index (χ0n) is 19.7. The molecule has 2 aliphatic heterocycles. The fraction of sp³-hybridized carbons (Fsp3) is 0.556. The van der Waals surface area contributed by atoms with Gasteiger partial charge in [0.1, 0.15) is 0 Å². The Morgan fingerprint density at radius 1 is 1.14 bits per heavy atom. The highest BCUT2D eigenvalue weighted by Gasteiger charge is 2.64. The first-order valence-corrected chi connectivity index (χ1v) is 13.4. The third-order valence-corrected chi connectivity index (χ3v) is 9.64. The number of aliphatic hydroxyl groups is 1. The van der Waals surface area contributed by atoms with Crippen LogP contribution >= 0.6 is 23.2 Å². The van der Waals surface area contributed by atoms with Gasteiger partial charge in [0.05, 0.1) is 22.1 Å². The Labute approximate surface area is 215 Å². The number of carbonyl (C=O) groups is 1. The summed E-state index contributed by atoms with van der Waals surface area (Å²) >= 11 is 13.1. The lowest BCUT2D eigenvalue weighted by molar-refractivity contribution is -0.149. The zero-order valence-corrected chi connectivity index (χ0v) is 21.2. The molecule has 8 heteroatoms. The summed E-state index contributed by atoms with van der Waals surface area (Å²) in [6.07, 6.45) is 6.91. The number of hydrogen-bond acceptors (Lipinski definition) is 5. The van der Waals surface area contributed by atoms with E-state index in [2.05, 4.69) is 9.88 Å². The molecule has 2 aliphatic carbocycles. The van der Waals surface area contributed by atoms with Crippen molar-refractivity contribution >= 4 is 29.1 Å². The molecule has 3 unspecified atom stereocenters. The molecule has 1 amide bonds. The topological polar surface area (TPSA) is 76.9 Å². The van der Waals surface area contributed by atoms with Gasteiger partial charge in [-0.1, -0.05) is 29.3 Å². The second-order valence-electron chi connectivity index (χ2n) is 10.8. The molecule has 2 saturated heterocycles. The standard InChI is InChI=1S/C27H31Cl2N3O3/c28-20-13-18-14-21-27(35)8-12-31(22(33)15-19-3-1-2-9-30-19)10-6-26(27,23(18)24(29)25(20)34)7-11-32(21)16-17-4-5-17/h1-3,9,13,17,21,34-35H,4-8,10-12,14-16H2. The van der Waals surface area contributed by atoms with E-state index in [9.17, 15) is 15.0 Å². The van der Waals surface area contributed by atoms with Crippen molar-refractivity contribution in [1.29, 1.82) is 0 Å². The molecule has 6 rings (SSSR count). The molecule has 0 radical (unpaired) electrons. The van der Waals surface area contributed by atoms with Gasteiger partial charge in [0.15, 0.2) is 5.75 Å². The molecule has 1 aromatic heterocycles. The third-order valence-electron chi connectivity index (χ3n) is 8.99. The van der Waals surface area contributed by atoms with Crippen molar-refractivity contribution < 1.29 is 15.0 Å². The summed E-state index contributed by atoms with van der Waals surface area (Å²) in [5.74, 6) is 0.619. The van der Waals surface area contributed by atoms with Crippen molar-refractivity contribution in [3.05, 3.63) is 57.3 Å². The largest absolute Gasteiger partial charge is 0.505 e. The van der Waals surface area contributed by atoms with E-state index in [1.54, 1.807) is 6.20 Å². The van der Waals surface area contributed by atoms with Crippen LogP contribution in [0.25, 0.3) is 0 Å². The van der Waals surface area contributed by atoms with Crippen LogP contribution in [0.4, 0.5) is 0 Å². The maximum Gasteiger partial charge on any atom is 0.228 e. The highest BCUT2D eigenvalue weighted by Crippen LogP contribution is 2.59. The van der Waals surface area contributed by atoms with Gasteiger partial charge in [-0.3, -0.25) is 14.7 Å². The van der Waals surface area contributed by atoms with Gasteiger partial charge in [-0.2, -0.15) is 0 Å². The van der Waals surface area contributed by atoms with E-state index in [1.807, 2.05) is 29.2 Å². The molecular formula is C27H31Cl2N3O3. The molecule has 4 aliphatic rings. The number of carbonyl (C=O) groups excluding carboxylic acids is 1. The molecule has 2 N–H and O–H groups in total. The summed E-state index contributed by atoms with van der Waals surface area (Å²) < 4.78 is 0. The minimum atomic E-state index is -1.04. The molecule has 186 valence electrons. The summed E-state index contributed by atoms with van der Waals surface area (Å²) in [6, 6.07) is 7.37. The van der Waals surface area contributed by atoms with E-state index < -0.39 is 11.0 Å². The Kier molecular flexibility index (Phi) is 5.79. The van der Waals surface area contributed by atoms with Crippen LogP contribution in [0.1, 0.15) is 48.9 Å². The number of halogens is 2. The summed E-state index contributed by atoms with van der Waals surface area (Å²) in [7, 11) is 0. The normalized spacial score (nSPS) is 30.4. The lowest BCUT2D eigenvalue weighted by Crippen LogP contribution is -2.71. The molecule has 3 heterocycles. The molecular weight excluding hydrogens is 485 g/mol. The Balaban J connectivity index is 1.39. The minimum absolute atomic E-state index is 0.0250. The molecule has 3 atom stereocenters. The van der Waals surface area contributed by atoms with Gasteiger partial charge >= 0.3 is 0 Å². The quantitative estimate of drug-likeness (QED) is 0.644. The minimum Gasteiger partial charge on any atom is -0.505 e. The van der Waals surface area contributed by atoms with Crippen molar-refractivity contribution in [3.8, 4) is 5.75 Å². The van der Waals surface area contributed by atoms with Crippen LogP contribution < -0.4 is 0 Å². The highest BCUT2D eigenvalue weighted by molar-refractivity contribution is 6.37. The second kappa shape index (κ2) is 8.62. The van der Waals surface area contributed by atoms with Crippen LogP contribution in [0.2, 0.25) is 10.0 Å². The molecule has 0 spiro atoms. The van der Waals surface area contributed by atoms with Gasteiger partial charge in [0.25, 0.3) is 0 Å². The Bertz CT molecular complexity index is 1160. The smallest absolute Gasteiger partial charge is 0.228 e. The monoisotopic (exact) mass is 515 g/mol.